The minimum Gasteiger partial charge on any atom is -0.455 e. The summed E-state index contributed by atoms with van der Waals surface area (Å²) >= 11 is 0. The van der Waals surface area contributed by atoms with E-state index < -0.39 is 79.3 Å². The summed E-state index contributed by atoms with van der Waals surface area (Å²) < 4.78 is 64.8. The van der Waals surface area contributed by atoms with Crippen LogP contribution >= 0.6 is 0 Å². The van der Waals surface area contributed by atoms with Crippen LogP contribution < -0.4 is 0 Å². The summed E-state index contributed by atoms with van der Waals surface area (Å²) in [5, 5.41) is 0. The van der Waals surface area contributed by atoms with Gasteiger partial charge in [0.15, 0.2) is 30.9 Å². The number of hydrogen-bond donors (Lipinski definition) is 0. The van der Waals surface area contributed by atoms with Crippen molar-refractivity contribution in [1.82, 2.24) is 0 Å². The molecular formula is C51H52O13. The van der Waals surface area contributed by atoms with Crippen LogP contribution in [0.1, 0.15) is 52.4 Å². The summed E-state index contributed by atoms with van der Waals surface area (Å²) in [7, 11) is 0. The van der Waals surface area contributed by atoms with Gasteiger partial charge in [-0.2, -0.15) is 0 Å². The SMILES string of the molecule is C[C@H]1O[C@@H]2O[C@H]3[C@H](OC(=O)CCC(=O)O[C@@H]2[C@@H](OCc2ccccc2)[C@@H]1OCc1ccccc1)[C@@H](OC(=O)c1ccccc1)[C@H](OCc1ccccc1)O[C@H]3COCc1ccccc1. The third-order valence-corrected chi connectivity index (χ3v) is 11.2. The van der Waals surface area contributed by atoms with E-state index in [1.165, 1.54) is 0 Å². The highest BCUT2D eigenvalue weighted by molar-refractivity contribution is 5.89. The van der Waals surface area contributed by atoms with Gasteiger partial charge in [-0.05, 0) is 41.3 Å². The second-order valence-corrected chi connectivity index (χ2v) is 15.8. The molecule has 8 rings (SSSR count). The Kier molecular flexibility index (Phi) is 15.6. The van der Waals surface area contributed by atoms with Crippen LogP contribution in [0.3, 0.4) is 0 Å². The van der Waals surface area contributed by atoms with Crippen molar-refractivity contribution in [2.75, 3.05) is 6.61 Å². The fraction of sp³-hybridized carbons (Fsp3) is 0.353. The molecule has 0 radical (unpaired) electrons. The van der Waals surface area contributed by atoms with Crippen molar-refractivity contribution >= 4 is 17.9 Å². The Hall–Kier alpha value is -5.77. The lowest BCUT2D eigenvalue weighted by Crippen LogP contribution is -2.66. The van der Waals surface area contributed by atoms with Gasteiger partial charge in [-0.3, -0.25) is 9.59 Å². The zero-order chi connectivity index (χ0) is 44.1. The van der Waals surface area contributed by atoms with Crippen LogP contribution in [-0.2, 0) is 83.4 Å². The van der Waals surface area contributed by atoms with Gasteiger partial charge in [0.2, 0.25) is 0 Å². The summed E-state index contributed by atoms with van der Waals surface area (Å²) in [6, 6.07) is 46.7. The van der Waals surface area contributed by atoms with Gasteiger partial charge in [0.1, 0.15) is 24.4 Å². The third-order valence-electron chi connectivity index (χ3n) is 11.2. The van der Waals surface area contributed by atoms with Crippen molar-refractivity contribution in [2.45, 2.75) is 108 Å². The lowest BCUT2D eigenvalue weighted by Gasteiger charge is -2.49. The molecule has 64 heavy (non-hydrogen) atoms. The lowest BCUT2D eigenvalue weighted by atomic mass is 9.96. The molecule has 0 N–H and O–H groups in total. The summed E-state index contributed by atoms with van der Waals surface area (Å²) in [4.78, 5) is 41.5. The fourth-order valence-corrected chi connectivity index (χ4v) is 7.90. The van der Waals surface area contributed by atoms with Gasteiger partial charge in [0, 0.05) is 0 Å². The Morgan fingerprint density at radius 1 is 0.516 bits per heavy atom. The number of fused-ring (bicyclic) bond motifs is 2. The van der Waals surface area contributed by atoms with Crippen molar-refractivity contribution in [1.29, 1.82) is 0 Å². The molecule has 5 aromatic carbocycles. The number of rotatable bonds is 15. The van der Waals surface area contributed by atoms with Crippen LogP contribution in [0.15, 0.2) is 152 Å². The summed E-state index contributed by atoms with van der Waals surface area (Å²) in [5.74, 6) is -2.18. The predicted molar refractivity (Wildman–Crippen MR) is 230 cm³/mol. The molecule has 10 atom stereocenters. The molecule has 13 nitrogen and oxygen atoms in total. The van der Waals surface area contributed by atoms with Crippen LogP contribution in [-0.4, -0.2) is 85.9 Å². The van der Waals surface area contributed by atoms with E-state index in [0.717, 1.165) is 22.3 Å². The molecule has 0 bridgehead atoms. The molecule has 5 aromatic rings. The Morgan fingerprint density at radius 2 is 0.984 bits per heavy atom. The van der Waals surface area contributed by atoms with E-state index >= 15 is 0 Å². The molecule has 3 heterocycles. The van der Waals surface area contributed by atoms with Gasteiger partial charge in [-0.1, -0.05) is 140 Å². The highest BCUT2D eigenvalue weighted by Gasteiger charge is 2.56. The first-order valence-corrected chi connectivity index (χ1v) is 21.6. The van der Waals surface area contributed by atoms with Gasteiger partial charge >= 0.3 is 17.9 Å². The molecule has 0 saturated carbocycles. The second-order valence-electron chi connectivity index (χ2n) is 15.8. The van der Waals surface area contributed by atoms with Gasteiger partial charge < -0.3 is 47.4 Å². The highest BCUT2D eigenvalue weighted by atomic mass is 16.8. The first-order valence-electron chi connectivity index (χ1n) is 21.6. The standard InChI is InChI=1S/C51H52O13/c1-34-43(56-30-36-19-9-3-10-20-36)45(57-31-37-21-11-4-12-22-37)47-51(59-34)64-44-40(33-55-29-35-17-7-2-8-18-35)60-50(58-32-38-23-13-5-14-24-38)48(63-49(54)39-25-15-6-16-26-39)46(44)61-41(52)27-28-42(53)62-47/h2-26,34,40,43-48,50-51H,27-33H2,1H3/t34-,40+,43-,44-,45+,46+,47-,48-,50-,51-/m1/s1. The molecular weight excluding hydrogens is 821 g/mol. The predicted octanol–water partition coefficient (Wildman–Crippen LogP) is 7.29. The third kappa shape index (κ3) is 11.9. The van der Waals surface area contributed by atoms with Crippen LogP contribution in [0, 0.1) is 0 Å². The average Bonchev–Trinajstić information content (AvgIpc) is 3.35. The zero-order valence-corrected chi connectivity index (χ0v) is 35.5. The molecule has 3 aliphatic heterocycles. The topological polar surface area (TPSA) is 144 Å². The maximum Gasteiger partial charge on any atom is 0.338 e. The van der Waals surface area contributed by atoms with E-state index in [-0.39, 0.29) is 51.4 Å². The lowest BCUT2D eigenvalue weighted by molar-refractivity contribution is -0.363. The first kappa shape index (κ1) is 44.8. The Bertz CT molecular complexity index is 2210. The number of carbonyl (C=O) groups is 3. The maximum absolute atomic E-state index is 13.9. The summed E-state index contributed by atoms with van der Waals surface area (Å²) in [5.41, 5.74) is 3.78. The van der Waals surface area contributed by atoms with E-state index in [0.29, 0.717) is 0 Å². The highest BCUT2D eigenvalue weighted by Crippen LogP contribution is 2.37. The quantitative estimate of drug-likeness (QED) is 0.0768. The monoisotopic (exact) mass is 872 g/mol. The van der Waals surface area contributed by atoms with Gasteiger partial charge in [0.25, 0.3) is 0 Å². The number of carbonyl (C=O) groups excluding carboxylic acids is 3. The van der Waals surface area contributed by atoms with Crippen molar-refractivity contribution in [3.05, 3.63) is 179 Å². The number of esters is 3. The van der Waals surface area contributed by atoms with E-state index in [4.69, 9.17) is 47.4 Å². The molecule has 0 spiro atoms. The number of benzene rings is 5. The molecule has 3 saturated heterocycles. The van der Waals surface area contributed by atoms with Crippen molar-refractivity contribution in [2.24, 2.45) is 0 Å². The van der Waals surface area contributed by atoms with Gasteiger partial charge in [0.05, 0.1) is 57.5 Å². The second kappa shape index (κ2) is 22.2. The maximum atomic E-state index is 13.9. The normalized spacial score (nSPS) is 27.1. The number of ether oxygens (including phenoxy) is 10. The Morgan fingerprint density at radius 3 is 1.53 bits per heavy atom. The van der Waals surface area contributed by atoms with Crippen molar-refractivity contribution < 1.29 is 61.8 Å². The van der Waals surface area contributed by atoms with Crippen LogP contribution in [0.2, 0.25) is 0 Å². The smallest absolute Gasteiger partial charge is 0.338 e. The minimum atomic E-state index is -1.38. The van der Waals surface area contributed by atoms with Crippen LogP contribution in [0.4, 0.5) is 0 Å². The van der Waals surface area contributed by atoms with Gasteiger partial charge in [-0.25, -0.2) is 4.79 Å². The van der Waals surface area contributed by atoms with Gasteiger partial charge in [-0.15, -0.1) is 0 Å². The summed E-state index contributed by atoms with van der Waals surface area (Å²) in [6.07, 6.45) is -11.9. The number of hydrogen-bond acceptors (Lipinski definition) is 13. The molecule has 0 unspecified atom stereocenters. The minimum absolute atomic E-state index is 0.0626. The van der Waals surface area contributed by atoms with E-state index in [1.807, 2.05) is 128 Å². The molecule has 3 aliphatic rings. The van der Waals surface area contributed by atoms with E-state index in [1.54, 1.807) is 30.3 Å². The molecule has 0 aliphatic carbocycles. The molecule has 334 valence electrons. The Balaban J connectivity index is 1.16. The fourth-order valence-electron chi connectivity index (χ4n) is 7.90. The summed E-state index contributed by atoms with van der Waals surface area (Å²) in [6.45, 7) is 2.39. The molecule has 13 heteroatoms. The van der Waals surface area contributed by atoms with E-state index in [9.17, 15) is 14.4 Å². The Labute approximate surface area is 372 Å². The largest absolute Gasteiger partial charge is 0.455 e. The first-order chi connectivity index (χ1) is 31.4. The molecule has 3 fully saturated rings. The molecule has 0 amide bonds. The van der Waals surface area contributed by atoms with E-state index in [2.05, 4.69) is 0 Å². The zero-order valence-electron chi connectivity index (χ0n) is 35.5. The molecule has 0 aromatic heterocycles. The van der Waals surface area contributed by atoms with Crippen molar-refractivity contribution in [3.63, 3.8) is 0 Å². The van der Waals surface area contributed by atoms with Crippen LogP contribution in [0.25, 0.3) is 0 Å². The average molecular weight is 873 g/mol. The van der Waals surface area contributed by atoms with Crippen molar-refractivity contribution in [3.8, 4) is 0 Å². The van der Waals surface area contributed by atoms with Crippen LogP contribution in [0.5, 0.6) is 0 Å².